The van der Waals surface area contributed by atoms with E-state index in [0.29, 0.717) is 0 Å². The number of hydrogen-bond donors (Lipinski definition) is 0. The second kappa shape index (κ2) is 40.2. The molecule has 0 bridgehead atoms. The third kappa shape index (κ3) is 7040. The topological polar surface area (TPSA) is 560 Å². The summed E-state index contributed by atoms with van der Waals surface area (Å²) in [6.45, 7) is 0. The number of hydrogen-bond acceptors (Lipinski definition) is 12. The molecule has 1 radical (unpaired) electrons. The molecule has 0 aromatic rings. The van der Waals surface area contributed by atoms with Crippen LogP contribution in [0.5, 0.6) is 0 Å². The van der Waals surface area contributed by atoms with Crippen LogP contribution in [-0.4, -0.2) is 49.3 Å². The standard InChI is InChI=1S/Ce.3ClHO4.9H2O/c;3*2-1(3,4)5;;;;;;;;;/h;3*(H,2,3,4,5);9*1H2/q+3;;;;;;;;;;;;/p-3. The summed E-state index contributed by atoms with van der Waals surface area (Å²) in [5.74, 6) is 0. The van der Waals surface area contributed by atoms with E-state index in [9.17, 15) is 0 Å². The number of rotatable bonds is 0. The van der Waals surface area contributed by atoms with Crippen LogP contribution in [0.2, 0.25) is 0 Å². The second-order valence-corrected chi connectivity index (χ2v) is 3.40. The average molecular weight is 601 g/mol. The first-order valence-electron chi connectivity index (χ1n) is 1.85. The van der Waals surface area contributed by atoms with Crippen molar-refractivity contribution in [1.29, 1.82) is 0 Å². The first-order chi connectivity index (χ1) is 6.00. The maximum absolute atomic E-state index is 8.49. The molecule has 0 saturated carbocycles. The molecule has 0 fully saturated rings. The molecule has 0 saturated heterocycles. The van der Waals surface area contributed by atoms with Crippen molar-refractivity contribution in [2.24, 2.45) is 0 Å². The molecule has 21 nitrogen and oxygen atoms in total. The van der Waals surface area contributed by atoms with Gasteiger partial charge in [0.05, 0.1) is 0 Å². The summed E-state index contributed by atoms with van der Waals surface area (Å²) in [6, 6.07) is 0. The van der Waals surface area contributed by atoms with Crippen LogP contribution in [0.1, 0.15) is 0 Å². The minimum absolute atomic E-state index is 0. The van der Waals surface area contributed by atoms with Crippen LogP contribution in [0.4, 0.5) is 0 Å². The van der Waals surface area contributed by atoms with Gasteiger partial charge in [0, 0.05) is 0 Å². The Labute approximate surface area is 177 Å². The monoisotopic (exact) mass is 599 g/mol. The van der Waals surface area contributed by atoms with Crippen LogP contribution >= 0.6 is 0 Å². The summed E-state index contributed by atoms with van der Waals surface area (Å²) in [7, 11) is -14.8. The van der Waals surface area contributed by atoms with E-state index in [2.05, 4.69) is 0 Å². The van der Waals surface area contributed by atoms with Gasteiger partial charge in [-0.3, -0.25) is 0 Å². The molecule has 0 aliphatic heterocycles. The Morgan fingerprint density at radius 1 is 0.240 bits per heavy atom. The van der Waals surface area contributed by atoms with Gasteiger partial charge in [0.2, 0.25) is 0 Å². The molecule has 0 unspecified atom stereocenters. The molecule has 0 amide bonds. The van der Waals surface area contributed by atoms with E-state index in [4.69, 9.17) is 55.9 Å². The molecule has 169 valence electrons. The quantitative estimate of drug-likeness (QED) is 0.250. The van der Waals surface area contributed by atoms with Gasteiger partial charge in [-0.05, 0) is 0 Å². The van der Waals surface area contributed by atoms with Crippen LogP contribution in [0.25, 0.3) is 0 Å². The Morgan fingerprint density at radius 3 is 0.240 bits per heavy atom. The third-order valence-corrected chi connectivity index (χ3v) is 0. The fourth-order valence-corrected chi connectivity index (χ4v) is 0. The van der Waals surface area contributed by atoms with Crippen molar-refractivity contribution >= 4 is 0 Å². The Bertz CT molecular complexity index is 94.2. The second-order valence-electron chi connectivity index (χ2n) is 1.13. The molecule has 0 aliphatic carbocycles. The van der Waals surface area contributed by atoms with Gasteiger partial charge in [0.15, 0.2) is 0 Å². The minimum Gasteiger partial charge on any atom is -0.412 e. The number of halogens is 3. The minimum atomic E-state index is -4.94. The molecule has 25 heavy (non-hydrogen) atoms. The van der Waals surface area contributed by atoms with Crippen molar-refractivity contribution in [3.63, 3.8) is 0 Å². The molecule has 0 heterocycles. The van der Waals surface area contributed by atoms with E-state index < -0.39 is 30.7 Å². The van der Waals surface area contributed by atoms with Crippen molar-refractivity contribution in [1.82, 2.24) is 0 Å². The molecule has 18 N–H and O–H groups in total. The van der Waals surface area contributed by atoms with Gasteiger partial charge in [-0.1, -0.05) is 0 Å². The maximum Gasteiger partial charge on any atom is 3.00 e. The molecule has 0 aromatic heterocycles. The van der Waals surface area contributed by atoms with E-state index in [1.165, 1.54) is 0 Å². The zero-order valence-electron chi connectivity index (χ0n) is 11.0. The summed E-state index contributed by atoms with van der Waals surface area (Å²) in [4.78, 5) is 0. The fourth-order valence-electron chi connectivity index (χ4n) is 0. The zero-order chi connectivity index (χ0) is 13.5. The van der Waals surface area contributed by atoms with Crippen molar-refractivity contribution in [3.8, 4) is 0 Å². The van der Waals surface area contributed by atoms with Gasteiger partial charge in [-0.15, -0.1) is 30.7 Å². The van der Waals surface area contributed by atoms with Gasteiger partial charge in [-0.2, -0.15) is 0 Å². The molecular weight excluding hydrogens is 582 g/mol. The summed E-state index contributed by atoms with van der Waals surface area (Å²) in [5.41, 5.74) is 0. The van der Waals surface area contributed by atoms with E-state index in [0.717, 1.165) is 0 Å². The van der Waals surface area contributed by atoms with E-state index in [1.807, 2.05) is 0 Å². The van der Waals surface area contributed by atoms with Crippen molar-refractivity contribution < 1.29 is 178 Å². The zero-order valence-corrected chi connectivity index (χ0v) is 16.4. The van der Waals surface area contributed by atoms with E-state index >= 15 is 0 Å². The van der Waals surface area contributed by atoms with E-state index in [-0.39, 0.29) is 91.0 Å². The first-order valence-corrected chi connectivity index (χ1v) is 5.55. The molecule has 25 heteroatoms. The predicted molar refractivity (Wildman–Crippen MR) is 32.5 cm³/mol. The summed E-state index contributed by atoms with van der Waals surface area (Å²) in [6.07, 6.45) is 0. The average Bonchev–Trinajstić information content (AvgIpc) is 1.41. The summed E-state index contributed by atoms with van der Waals surface area (Å²) < 4.78 is 102. The Balaban J connectivity index is -0.00000000655. The van der Waals surface area contributed by atoms with Gasteiger partial charge < -0.3 is 49.3 Å². The van der Waals surface area contributed by atoms with Gasteiger partial charge in [0.25, 0.3) is 0 Å². The van der Waals surface area contributed by atoms with Crippen LogP contribution in [0.15, 0.2) is 0 Å². The van der Waals surface area contributed by atoms with Crippen LogP contribution in [0.3, 0.4) is 0 Å². The smallest absolute Gasteiger partial charge is 0.412 e. The van der Waals surface area contributed by atoms with Crippen molar-refractivity contribution in [2.45, 2.75) is 0 Å². The van der Waals surface area contributed by atoms with Crippen LogP contribution in [-0.2, 0) is 0 Å². The molecule has 0 rings (SSSR count). The summed E-state index contributed by atoms with van der Waals surface area (Å²) >= 11 is 0. The molecular formula is H18CeCl3O21. The predicted octanol–water partition coefficient (Wildman–Crippen LogP) is -21.7. The first kappa shape index (κ1) is 94.8. The van der Waals surface area contributed by atoms with Crippen LogP contribution < -0.4 is 55.9 Å². The normalized spacial score (nSPS) is 7.20. The largest absolute Gasteiger partial charge is 3.00 e. The molecule has 0 spiro atoms. The Kier molecular flexibility index (Phi) is 152. The van der Waals surface area contributed by atoms with Crippen molar-refractivity contribution in [2.75, 3.05) is 0 Å². The van der Waals surface area contributed by atoms with E-state index in [1.54, 1.807) is 0 Å². The SMILES string of the molecule is O.O.O.O.O.O.O.O.O.[Ce+3].[O-][Cl+3]([O-])([O-])[O-].[O-][Cl+3]([O-])([O-])[O-].[O-][Cl+3]([O-])([O-])[O-]. The molecule has 0 atom stereocenters. The Hall–Kier alpha value is 1.41. The van der Waals surface area contributed by atoms with Gasteiger partial charge in [0.1, 0.15) is 0 Å². The van der Waals surface area contributed by atoms with Gasteiger partial charge >= 0.3 is 41.7 Å². The maximum atomic E-state index is 8.49. The van der Waals surface area contributed by atoms with Gasteiger partial charge in [-0.25, -0.2) is 55.9 Å². The Morgan fingerprint density at radius 2 is 0.240 bits per heavy atom. The summed E-state index contributed by atoms with van der Waals surface area (Å²) in [5, 5.41) is 0. The molecule has 0 aliphatic rings. The fraction of sp³-hybridized carbons (Fsp3) is 0. The van der Waals surface area contributed by atoms with Crippen molar-refractivity contribution in [3.05, 3.63) is 0 Å². The van der Waals surface area contributed by atoms with Crippen LogP contribution in [0, 0.1) is 72.5 Å². The molecule has 0 aromatic carbocycles. The third-order valence-electron chi connectivity index (χ3n) is 0.